The molecule has 2 N–H and O–H groups in total. The van der Waals surface area contributed by atoms with Crippen molar-refractivity contribution in [2.45, 2.75) is 39.8 Å². The number of nitrogens with one attached hydrogen (secondary N) is 2. The van der Waals surface area contributed by atoms with E-state index in [1.165, 1.54) is 0 Å². The van der Waals surface area contributed by atoms with E-state index in [2.05, 4.69) is 31.4 Å². The first kappa shape index (κ1) is 16.3. The lowest BCUT2D eigenvalue weighted by Gasteiger charge is -2.29. The predicted octanol–water partition coefficient (Wildman–Crippen LogP) is 2.38. The van der Waals surface area contributed by atoms with Gasteiger partial charge < -0.3 is 15.5 Å². The fraction of sp³-hybridized carbons (Fsp3) is 0.529. The Labute approximate surface area is 132 Å². The van der Waals surface area contributed by atoms with E-state index in [0.29, 0.717) is 12.1 Å². The third-order valence-corrected chi connectivity index (χ3v) is 4.72. The summed E-state index contributed by atoms with van der Waals surface area (Å²) in [6, 6.07) is 7.48. The SMILES string of the molecule is CNC(=O)c1cccc(CNC(=O)N2CCC(C)(C)[C@H]2C)c1. The Kier molecular flexibility index (Phi) is 4.74. The van der Waals surface area contributed by atoms with Crippen LogP contribution in [0.3, 0.4) is 0 Å². The lowest BCUT2D eigenvalue weighted by molar-refractivity contribution is 0.0963. The zero-order valence-electron chi connectivity index (χ0n) is 13.8. The van der Waals surface area contributed by atoms with Crippen molar-refractivity contribution in [2.75, 3.05) is 13.6 Å². The van der Waals surface area contributed by atoms with Crippen LogP contribution in [0.2, 0.25) is 0 Å². The summed E-state index contributed by atoms with van der Waals surface area (Å²) in [6.07, 6.45) is 1.02. The Morgan fingerprint density at radius 3 is 2.68 bits per heavy atom. The molecule has 2 rings (SSSR count). The van der Waals surface area contributed by atoms with Gasteiger partial charge in [0.05, 0.1) is 0 Å². The van der Waals surface area contributed by atoms with Crippen molar-refractivity contribution in [2.24, 2.45) is 5.41 Å². The van der Waals surface area contributed by atoms with Crippen molar-refractivity contribution < 1.29 is 9.59 Å². The summed E-state index contributed by atoms with van der Waals surface area (Å²) in [6.45, 7) is 7.69. The molecule has 1 saturated heterocycles. The van der Waals surface area contributed by atoms with Crippen LogP contribution in [0.4, 0.5) is 4.79 Å². The van der Waals surface area contributed by atoms with E-state index in [-0.39, 0.29) is 23.4 Å². The van der Waals surface area contributed by atoms with Crippen LogP contribution in [0.1, 0.15) is 43.1 Å². The minimum Gasteiger partial charge on any atom is -0.355 e. The second-order valence-corrected chi connectivity index (χ2v) is 6.55. The lowest BCUT2D eigenvalue weighted by atomic mass is 9.86. The number of likely N-dealkylation sites (tertiary alicyclic amines) is 1. The molecule has 0 bridgehead atoms. The quantitative estimate of drug-likeness (QED) is 0.900. The zero-order chi connectivity index (χ0) is 16.3. The molecule has 120 valence electrons. The summed E-state index contributed by atoms with van der Waals surface area (Å²) in [4.78, 5) is 25.8. The Hall–Kier alpha value is -2.04. The molecule has 1 aromatic rings. The maximum Gasteiger partial charge on any atom is 0.317 e. The summed E-state index contributed by atoms with van der Waals surface area (Å²) in [5.74, 6) is -0.122. The van der Waals surface area contributed by atoms with Gasteiger partial charge in [0.15, 0.2) is 0 Å². The van der Waals surface area contributed by atoms with Crippen LogP contribution in [0.15, 0.2) is 24.3 Å². The fourth-order valence-electron chi connectivity index (χ4n) is 2.76. The summed E-state index contributed by atoms with van der Waals surface area (Å²) in [5.41, 5.74) is 1.68. The van der Waals surface area contributed by atoms with Crippen molar-refractivity contribution in [3.63, 3.8) is 0 Å². The lowest BCUT2D eigenvalue weighted by Crippen LogP contribution is -2.44. The van der Waals surface area contributed by atoms with Crippen LogP contribution in [0, 0.1) is 5.41 Å². The summed E-state index contributed by atoms with van der Waals surface area (Å²) >= 11 is 0. The maximum absolute atomic E-state index is 12.3. The summed E-state index contributed by atoms with van der Waals surface area (Å²) < 4.78 is 0. The smallest absolute Gasteiger partial charge is 0.317 e. The van der Waals surface area contributed by atoms with Crippen LogP contribution >= 0.6 is 0 Å². The number of rotatable bonds is 3. The standard InChI is InChI=1S/C17H25N3O2/c1-12-17(2,3)8-9-20(12)16(22)19-11-13-6-5-7-14(10-13)15(21)18-4/h5-7,10,12H,8-9,11H2,1-4H3,(H,18,21)(H,19,22)/t12-/m1/s1. The molecule has 1 aromatic carbocycles. The summed E-state index contributed by atoms with van der Waals surface area (Å²) in [5, 5.41) is 5.55. The molecular weight excluding hydrogens is 278 g/mol. The molecule has 5 nitrogen and oxygen atoms in total. The third kappa shape index (κ3) is 3.40. The Morgan fingerprint density at radius 2 is 2.09 bits per heavy atom. The Bertz CT molecular complexity index is 569. The molecule has 0 aliphatic carbocycles. The number of amides is 3. The van der Waals surface area contributed by atoms with Crippen molar-refractivity contribution in [1.29, 1.82) is 0 Å². The number of carbonyl (C=O) groups excluding carboxylic acids is 2. The molecule has 0 spiro atoms. The van der Waals surface area contributed by atoms with E-state index >= 15 is 0 Å². The first-order valence-corrected chi connectivity index (χ1v) is 7.70. The van der Waals surface area contributed by atoms with Crippen LogP contribution in [-0.2, 0) is 6.54 Å². The number of urea groups is 1. The van der Waals surface area contributed by atoms with E-state index in [4.69, 9.17) is 0 Å². The first-order chi connectivity index (χ1) is 10.3. The molecule has 22 heavy (non-hydrogen) atoms. The first-order valence-electron chi connectivity index (χ1n) is 7.70. The molecule has 1 atom stereocenters. The molecule has 1 fully saturated rings. The van der Waals surface area contributed by atoms with Crippen molar-refractivity contribution in [3.05, 3.63) is 35.4 Å². The molecule has 0 aromatic heterocycles. The van der Waals surface area contributed by atoms with Gasteiger partial charge in [-0.3, -0.25) is 4.79 Å². The van der Waals surface area contributed by atoms with E-state index in [9.17, 15) is 9.59 Å². The average molecular weight is 303 g/mol. The second kappa shape index (κ2) is 6.38. The average Bonchev–Trinajstić information content (AvgIpc) is 2.78. The molecule has 1 heterocycles. The minimum absolute atomic E-state index is 0.0385. The van der Waals surface area contributed by atoms with E-state index in [1.54, 1.807) is 19.2 Å². The Balaban J connectivity index is 1.96. The van der Waals surface area contributed by atoms with Gasteiger partial charge in [-0.25, -0.2) is 4.79 Å². The molecule has 0 unspecified atom stereocenters. The van der Waals surface area contributed by atoms with Gasteiger partial charge in [-0.2, -0.15) is 0 Å². The van der Waals surface area contributed by atoms with Crippen LogP contribution in [0.5, 0.6) is 0 Å². The van der Waals surface area contributed by atoms with Gasteiger partial charge in [-0.15, -0.1) is 0 Å². The highest BCUT2D eigenvalue weighted by atomic mass is 16.2. The predicted molar refractivity (Wildman–Crippen MR) is 86.6 cm³/mol. The van der Waals surface area contributed by atoms with Crippen molar-refractivity contribution >= 4 is 11.9 Å². The van der Waals surface area contributed by atoms with Gasteiger partial charge in [-0.05, 0) is 36.5 Å². The molecule has 0 radical (unpaired) electrons. The third-order valence-electron chi connectivity index (χ3n) is 4.72. The summed E-state index contributed by atoms with van der Waals surface area (Å²) in [7, 11) is 1.60. The number of hydrogen-bond donors (Lipinski definition) is 2. The molecular formula is C17H25N3O2. The fourth-order valence-corrected chi connectivity index (χ4v) is 2.76. The number of carbonyl (C=O) groups is 2. The molecule has 1 aliphatic rings. The zero-order valence-corrected chi connectivity index (χ0v) is 13.8. The number of nitrogens with zero attached hydrogens (tertiary/aromatic N) is 1. The Morgan fingerprint density at radius 1 is 1.36 bits per heavy atom. The van der Waals surface area contributed by atoms with E-state index in [0.717, 1.165) is 18.5 Å². The second-order valence-electron chi connectivity index (χ2n) is 6.55. The molecule has 0 saturated carbocycles. The van der Waals surface area contributed by atoms with E-state index in [1.807, 2.05) is 17.0 Å². The van der Waals surface area contributed by atoms with Gasteiger partial charge in [0, 0.05) is 31.7 Å². The highest BCUT2D eigenvalue weighted by Crippen LogP contribution is 2.35. The largest absolute Gasteiger partial charge is 0.355 e. The normalized spacial score (nSPS) is 19.8. The molecule has 5 heteroatoms. The van der Waals surface area contributed by atoms with Gasteiger partial charge in [-0.1, -0.05) is 26.0 Å². The van der Waals surface area contributed by atoms with Gasteiger partial charge in [0.1, 0.15) is 0 Å². The van der Waals surface area contributed by atoms with Crippen molar-refractivity contribution in [3.8, 4) is 0 Å². The monoisotopic (exact) mass is 303 g/mol. The van der Waals surface area contributed by atoms with Gasteiger partial charge in [0.2, 0.25) is 0 Å². The maximum atomic E-state index is 12.3. The van der Waals surface area contributed by atoms with Gasteiger partial charge >= 0.3 is 6.03 Å². The molecule has 1 aliphatic heterocycles. The van der Waals surface area contributed by atoms with Crippen LogP contribution in [-0.4, -0.2) is 36.5 Å². The van der Waals surface area contributed by atoms with Crippen LogP contribution < -0.4 is 10.6 Å². The minimum atomic E-state index is -0.122. The topological polar surface area (TPSA) is 61.4 Å². The highest BCUT2D eigenvalue weighted by Gasteiger charge is 2.39. The van der Waals surface area contributed by atoms with Crippen LogP contribution in [0.25, 0.3) is 0 Å². The highest BCUT2D eigenvalue weighted by molar-refractivity contribution is 5.94. The molecule has 3 amide bonds. The number of hydrogen-bond acceptors (Lipinski definition) is 2. The van der Waals surface area contributed by atoms with E-state index < -0.39 is 0 Å². The number of benzene rings is 1. The van der Waals surface area contributed by atoms with Gasteiger partial charge in [0.25, 0.3) is 5.91 Å². The van der Waals surface area contributed by atoms with Crippen molar-refractivity contribution in [1.82, 2.24) is 15.5 Å².